The van der Waals surface area contributed by atoms with Crippen molar-refractivity contribution >= 4 is 11.7 Å². The van der Waals surface area contributed by atoms with Gasteiger partial charge in [0.15, 0.2) is 0 Å². The molecule has 1 amide bonds. The number of carbonyl (C=O) groups is 1. The largest absolute Gasteiger partial charge is 0.394 e. The summed E-state index contributed by atoms with van der Waals surface area (Å²) >= 11 is 0. The van der Waals surface area contributed by atoms with Crippen LogP contribution in [0.1, 0.15) is 43.0 Å². The van der Waals surface area contributed by atoms with Crippen molar-refractivity contribution in [3.63, 3.8) is 0 Å². The number of nitrogens with zero attached hydrogens (tertiary/aromatic N) is 4. The number of aliphatic hydroxyl groups excluding tert-OH is 1. The van der Waals surface area contributed by atoms with E-state index in [0.29, 0.717) is 18.6 Å². The zero-order valence-corrected chi connectivity index (χ0v) is 11.9. The Kier molecular flexibility index (Phi) is 3.99. The molecule has 2 heterocycles. The molecule has 0 aromatic carbocycles. The first-order valence-corrected chi connectivity index (χ1v) is 6.67. The van der Waals surface area contributed by atoms with E-state index in [0.717, 1.165) is 5.69 Å². The first-order chi connectivity index (χ1) is 9.55. The van der Waals surface area contributed by atoms with Crippen molar-refractivity contribution in [2.24, 2.45) is 0 Å². The van der Waals surface area contributed by atoms with E-state index in [4.69, 9.17) is 0 Å². The second-order valence-electron chi connectivity index (χ2n) is 4.83. The van der Waals surface area contributed by atoms with Gasteiger partial charge in [-0.1, -0.05) is 13.8 Å². The number of hydrogen-bond donors (Lipinski definition) is 2. The minimum absolute atomic E-state index is 0.0616. The number of aliphatic hydroxyl groups is 1. The molecule has 0 unspecified atom stereocenters. The summed E-state index contributed by atoms with van der Waals surface area (Å²) < 4.78 is 1.52. The molecule has 20 heavy (non-hydrogen) atoms. The number of nitrogens with one attached hydrogen (secondary N) is 1. The minimum atomic E-state index is -0.628. The van der Waals surface area contributed by atoms with Gasteiger partial charge >= 0.3 is 0 Å². The van der Waals surface area contributed by atoms with Crippen molar-refractivity contribution in [3.05, 3.63) is 23.8 Å². The lowest BCUT2D eigenvalue weighted by Gasteiger charge is -2.30. The Morgan fingerprint density at radius 2 is 2.15 bits per heavy atom. The Morgan fingerprint density at radius 1 is 1.45 bits per heavy atom. The van der Waals surface area contributed by atoms with Gasteiger partial charge in [-0.2, -0.15) is 4.98 Å². The van der Waals surface area contributed by atoms with Gasteiger partial charge in [0.05, 0.1) is 12.1 Å². The molecule has 0 bridgehead atoms. The molecule has 2 aromatic heterocycles. The second-order valence-corrected chi connectivity index (χ2v) is 4.83. The highest BCUT2D eigenvalue weighted by Gasteiger charge is 2.29. The Bertz CT molecular complexity index is 610. The fourth-order valence-corrected chi connectivity index (χ4v) is 1.99. The minimum Gasteiger partial charge on any atom is -0.394 e. The standard InChI is InChI=1S/C13H19N5O2/c1-4-13(5-2,8-19)16-11(20)10-15-12-14-7-6-9(3)18(12)17-10/h6-7,19H,4-5,8H2,1-3H3,(H,16,20). The molecule has 108 valence electrons. The summed E-state index contributed by atoms with van der Waals surface area (Å²) in [5.41, 5.74) is 0.220. The van der Waals surface area contributed by atoms with Crippen molar-refractivity contribution in [3.8, 4) is 0 Å². The van der Waals surface area contributed by atoms with Crippen molar-refractivity contribution in [1.82, 2.24) is 24.9 Å². The molecule has 0 saturated heterocycles. The second kappa shape index (κ2) is 5.54. The summed E-state index contributed by atoms with van der Waals surface area (Å²) in [4.78, 5) is 20.4. The zero-order valence-electron chi connectivity index (χ0n) is 11.9. The van der Waals surface area contributed by atoms with Crippen molar-refractivity contribution in [2.75, 3.05) is 6.61 Å². The summed E-state index contributed by atoms with van der Waals surface area (Å²) in [7, 11) is 0. The highest BCUT2D eigenvalue weighted by atomic mass is 16.3. The normalized spacial score (nSPS) is 11.8. The van der Waals surface area contributed by atoms with Gasteiger partial charge in [-0.05, 0) is 25.8 Å². The third-order valence-corrected chi connectivity index (χ3v) is 3.67. The average Bonchev–Trinajstić information content (AvgIpc) is 2.90. The molecule has 7 nitrogen and oxygen atoms in total. The van der Waals surface area contributed by atoms with Gasteiger partial charge in [0, 0.05) is 11.9 Å². The third kappa shape index (κ3) is 2.49. The van der Waals surface area contributed by atoms with E-state index in [1.165, 1.54) is 4.52 Å². The van der Waals surface area contributed by atoms with Gasteiger partial charge in [0.25, 0.3) is 11.7 Å². The number of carbonyl (C=O) groups excluding carboxylic acids is 1. The Balaban J connectivity index is 2.30. The Hall–Kier alpha value is -2.02. The number of aromatic nitrogens is 4. The molecule has 0 radical (unpaired) electrons. The number of rotatable bonds is 5. The SMILES string of the molecule is CCC(CC)(CO)NC(=O)c1nc2nccc(C)n2n1. The highest BCUT2D eigenvalue weighted by molar-refractivity contribution is 5.91. The van der Waals surface area contributed by atoms with Gasteiger partial charge in [0.2, 0.25) is 5.82 Å². The third-order valence-electron chi connectivity index (χ3n) is 3.67. The first-order valence-electron chi connectivity index (χ1n) is 6.67. The van der Waals surface area contributed by atoms with E-state index >= 15 is 0 Å². The molecular formula is C13H19N5O2. The van der Waals surface area contributed by atoms with Crippen LogP contribution in [0.2, 0.25) is 0 Å². The average molecular weight is 277 g/mol. The molecule has 0 aliphatic carbocycles. The van der Waals surface area contributed by atoms with E-state index in [-0.39, 0.29) is 12.4 Å². The summed E-state index contributed by atoms with van der Waals surface area (Å²) in [5, 5.41) is 16.5. The molecule has 2 N–H and O–H groups in total. The van der Waals surface area contributed by atoms with Crippen LogP contribution in [0, 0.1) is 6.92 Å². The smallest absolute Gasteiger partial charge is 0.291 e. The molecule has 0 spiro atoms. The van der Waals surface area contributed by atoms with Crippen molar-refractivity contribution in [2.45, 2.75) is 39.2 Å². The van der Waals surface area contributed by atoms with E-state index in [9.17, 15) is 9.90 Å². The highest BCUT2D eigenvalue weighted by Crippen LogP contribution is 2.14. The van der Waals surface area contributed by atoms with E-state index in [2.05, 4.69) is 20.4 Å². The fraction of sp³-hybridized carbons (Fsp3) is 0.538. The molecule has 2 rings (SSSR count). The van der Waals surface area contributed by atoms with Crippen LogP contribution in [0.5, 0.6) is 0 Å². The maximum Gasteiger partial charge on any atom is 0.291 e. The maximum absolute atomic E-state index is 12.2. The molecule has 0 atom stereocenters. The molecule has 2 aromatic rings. The summed E-state index contributed by atoms with van der Waals surface area (Å²) in [6.45, 7) is 5.59. The first kappa shape index (κ1) is 14.4. The monoisotopic (exact) mass is 277 g/mol. The van der Waals surface area contributed by atoms with Gasteiger partial charge in [0.1, 0.15) is 0 Å². The van der Waals surface area contributed by atoms with Crippen molar-refractivity contribution in [1.29, 1.82) is 0 Å². The molecule has 0 aliphatic rings. The summed E-state index contributed by atoms with van der Waals surface area (Å²) in [5.74, 6) is 0.0527. The lowest BCUT2D eigenvalue weighted by Crippen LogP contribution is -2.50. The maximum atomic E-state index is 12.2. The Labute approximate surface area is 117 Å². The quantitative estimate of drug-likeness (QED) is 0.840. The lowest BCUT2D eigenvalue weighted by molar-refractivity contribution is 0.0807. The van der Waals surface area contributed by atoms with Crippen LogP contribution in [0.15, 0.2) is 12.3 Å². The van der Waals surface area contributed by atoms with E-state index in [1.807, 2.05) is 20.8 Å². The van der Waals surface area contributed by atoms with E-state index in [1.54, 1.807) is 12.3 Å². The van der Waals surface area contributed by atoms with Crippen LogP contribution in [0.25, 0.3) is 5.78 Å². The molecule has 7 heteroatoms. The van der Waals surface area contributed by atoms with Crippen LogP contribution in [0.3, 0.4) is 0 Å². The summed E-state index contributed by atoms with van der Waals surface area (Å²) in [6.07, 6.45) is 2.89. The topological polar surface area (TPSA) is 92.4 Å². The van der Waals surface area contributed by atoms with Crippen LogP contribution in [0.4, 0.5) is 0 Å². The van der Waals surface area contributed by atoms with Gasteiger partial charge in [-0.15, -0.1) is 5.10 Å². The van der Waals surface area contributed by atoms with Crippen LogP contribution in [-0.4, -0.2) is 42.7 Å². The van der Waals surface area contributed by atoms with E-state index < -0.39 is 11.4 Å². The van der Waals surface area contributed by atoms with Crippen molar-refractivity contribution < 1.29 is 9.90 Å². The van der Waals surface area contributed by atoms with Gasteiger partial charge in [-0.25, -0.2) is 9.50 Å². The van der Waals surface area contributed by atoms with Gasteiger partial charge < -0.3 is 10.4 Å². The number of amides is 1. The predicted molar refractivity (Wildman–Crippen MR) is 73.4 cm³/mol. The molecule has 0 fully saturated rings. The number of aryl methyl sites for hydroxylation is 1. The number of hydrogen-bond acceptors (Lipinski definition) is 5. The fourth-order valence-electron chi connectivity index (χ4n) is 1.99. The Morgan fingerprint density at radius 3 is 2.70 bits per heavy atom. The molecule has 0 aliphatic heterocycles. The predicted octanol–water partition coefficient (Wildman–Crippen LogP) is 0.714. The van der Waals surface area contributed by atoms with Crippen LogP contribution in [-0.2, 0) is 0 Å². The number of fused-ring (bicyclic) bond motifs is 1. The van der Waals surface area contributed by atoms with Crippen LogP contribution < -0.4 is 5.32 Å². The summed E-state index contributed by atoms with van der Waals surface area (Å²) in [6, 6.07) is 1.79. The lowest BCUT2D eigenvalue weighted by atomic mass is 9.94. The zero-order chi connectivity index (χ0) is 14.8. The van der Waals surface area contributed by atoms with Crippen LogP contribution >= 0.6 is 0 Å². The molecular weight excluding hydrogens is 258 g/mol. The van der Waals surface area contributed by atoms with Gasteiger partial charge in [-0.3, -0.25) is 4.79 Å². The molecule has 0 saturated carbocycles.